The van der Waals surface area contributed by atoms with E-state index in [0.29, 0.717) is 18.5 Å². The van der Waals surface area contributed by atoms with Crippen LogP contribution in [0.25, 0.3) is 10.9 Å². The second-order valence-electron chi connectivity index (χ2n) is 5.71. The summed E-state index contributed by atoms with van der Waals surface area (Å²) in [7, 11) is 0. The van der Waals surface area contributed by atoms with Crippen LogP contribution in [0.2, 0.25) is 0 Å². The molecule has 120 valence electrons. The maximum absolute atomic E-state index is 11.5. The van der Waals surface area contributed by atoms with Crippen LogP contribution in [-0.2, 0) is 13.0 Å². The smallest absolute Gasteiger partial charge is 0.335 e. The molecule has 4 N–H and O–H groups in total. The second kappa shape index (κ2) is 6.94. The third-order valence-electron chi connectivity index (χ3n) is 4.11. The van der Waals surface area contributed by atoms with Crippen molar-refractivity contribution >= 4 is 16.9 Å². The number of nitrogens with two attached hydrogens (primary N) is 1. The fourth-order valence-electron chi connectivity index (χ4n) is 3.10. The molecule has 1 heterocycles. The molecule has 0 atom stereocenters. The van der Waals surface area contributed by atoms with Crippen LogP contribution in [0.3, 0.4) is 0 Å². The zero-order valence-electron chi connectivity index (χ0n) is 13.2. The van der Waals surface area contributed by atoms with Crippen LogP contribution in [0.1, 0.15) is 39.9 Å². The molecule has 2 aromatic rings. The first-order valence-corrected chi connectivity index (χ1v) is 7.67. The lowest BCUT2D eigenvalue weighted by Crippen LogP contribution is -2.04. The molecule has 0 unspecified atom stereocenters. The number of aromatic nitrogens is 1. The number of nitrogens with zero attached hydrogens (tertiary/aromatic N) is 1. The van der Waals surface area contributed by atoms with Crippen LogP contribution in [0.5, 0.6) is 0 Å². The van der Waals surface area contributed by atoms with Crippen molar-refractivity contribution in [3.63, 3.8) is 0 Å². The van der Waals surface area contributed by atoms with Gasteiger partial charge >= 0.3 is 5.97 Å². The van der Waals surface area contributed by atoms with Crippen molar-refractivity contribution in [2.45, 2.75) is 39.7 Å². The van der Waals surface area contributed by atoms with Gasteiger partial charge in [-0.15, -0.1) is 0 Å². The molecular formula is C17H24N2O3. The molecule has 2 rings (SSSR count). The number of rotatable bonds is 7. The van der Waals surface area contributed by atoms with E-state index in [1.54, 1.807) is 6.07 Å². The van der Waals surface area contributed by atoms with E-state index in [0.717, 1.165) is 47.0 Å². The standard InChI is InChI=1S/C17H24N2O3/c1-11-9-14(17(21)22)12(2)15-13(5-3-6-18)10-19(16(11)15)7-4-8-20/h9-10,20H,3-8,18H2,1-2H3,(H,21,22). The number of aliphatic hydroxyl groups excluding tert-OH is 1. The molecular weight excluding hydrogens is 280 g/mol. The molecule has 5 heteroatoms. The highest BCUT2D eigenvalue weighted by Crippen LogP contribution is 2.31. The molecule has 0 aliphatic rings. The number of aliphatic hydroxyl groups is 1. The maximum Gasteiger partial charge on any atom is 0.335 e. The third-order valence-corrected chi connectivity index (χ3v) is 4.11. The summed E-state index contributed by atoms with van der Waals surface area (Å²) in [5.41, 5.74) is 9.95. The molecule has 1 aromatic heterocycles. The van der Waals surface area contributed by atoms with Crippen LogP contribution < -0.4 is 5.73 Å². The van der Waals surface area contributed by atoms with Gasteiger partial charge in [0.05, 0.1) is 11.1 Å². The number of carbonyl (C=O) groups is 1. The van der Waals surface area contributed by atoms with E-state index in [-0.39, 0.29) is 6.61 Å². The Morgan fingerprint density at radius 3 is 2.64 bits per heavy atom. The van der Waals surface area contributed by atoms with Gasteiger partial charge in [0.2, 0.25) is 0 Å². The Hall–Kier alpha value is -1.85. The molecule has 5 nitrogen and oxygen atoms in total. The van der Waals surface area contributed by atoms with Gasteiger partial charge in [0, 0.05) is 24.7 Å². The Morgan fingerprint density at radius 2 is 2.05 bits per heavy atom. The molecule has 0 saturated carbocycles. The van der Waals surface area contributed by atoms with Gasteiger partial charge in [-0.3, -0.25) is 0 Å². The number of hydrogen-bond donors (Lipinski definition) is 3. The first-order chi connectivity index (χ1) is 10.5. The van der Waals surface area contributed by atoms with Crippen LogP contribution in [0.15, 0.2) is 12.3 Å². The van der Waals surface area contributed by atoms with Gasteiger partial charge in [-0.2, -0.15) is 0 Å². The van der Waals surface area contributed by atoms with E-state index in [2.05, 4.69) is 10.8 Å². The second-order valence-corrected chi connectivity index (χ2v) is 5.71. The zero-order chi connectivity index (χ0) is 16.3. The average molecular weight is 304 g/mol. The first-order valence-electron chi connectivity index (χ1n) is 7.67. The Morgan fingerprint density at radius 1 is 1.32 bits per heavy atom. The first kappa shape index (κ1) is 16.5. The van der Waals surface area contributed by atoms with Gasteiger partial charge in [-0.05, 0) is 62.4 Å². The normalized spacial score (nSPS) is 11.3. The number of hydrogen-bond acceptors (Lipinski definition) is 3. The van der Waals surface area contributed by atoms with E-state index in [4.69, 9.17) is 10.8 Å². The molecule has 0 aliphatic carbocycles. The van der Waals surface area contributed by atoms with Crippen molar-refractivity contribution in [2.24, 2.45) is 5.73 Å². The van der Waals surface area contributed by atoms with Crippen molar-refractivity contribution in [1.82, 2.24) is 4.57 Å². The Kier molecular flexibility index (Phi) is 5.21. The zero-order valence-corrected chi connectivity index (χ0v) is 13.2. The summed E-state index contributed by atoms with van der Waals surface area (Å²) >= 11 is 0. The lowest BCUT2D eigenvalue weighted by Gasteiger charge is -2.10. The summed E-state index contributed by atoms with van der Waals surface area (Å²) in [6, 6.07) is 1.74. The van der Waals surface area contributed by atoms with Gasteiger partial charge in [0.15, 0.2) is 0 Å². The molecule has 0 radical (unpaired) electrons. The molecule has 1 aromatic carbocycles. The number of fused-ring (bicyclic) bond motifs is 1. The lowest BCUT2D eigenvalue weighted by molar-refractivity contribution is 0.0696. The number of carboxylic acids is 1. The van der Waals surface area contributed by atoms with Crippen molar-refractivity contribution < 1.29 is 15.0 Å². The van der Waals surface area contributed by atoms with Crippen LogP contribution in [0, 0.1) is 13.8 Å². The van der Waals surface area contributed by atoms with Gasteiger partial charge in [-0.1, -0.05) is 0 Å². The van der Waals surface area contributed by atoms with Gasteiger partial charge in [0.25, 0.3) is 0 Å². The number of aryl methyl sites for hydroxylation is 4. The number of carboxylic acid groups (broad SMARTS) is 1. The lowest BCUT2D eigenvalue weighted by atomic mass is 9.96. The van der Waals surface area contributed by atoms with E-state index >= 15 is 0 Å². The molecule has 0 amide bonds. The van der Waals surface area contributed by atoms with Crippen molar-refractivity contribution in [3.05, 3.63) is 34.5 Å². The molecule has 0 bridgehead atoms. The van der Waals surface area contributed by atoms with Crippen LogP contribution in [-0.4, -0.2) is 33.9 Å². The Bertz CT molecular complexity index is 689. The highest BCUT2D eigenvalue weighted by molar-refractivity contribution is 5.99. The Labute approximate surface area is 130 Å². The fraction of sp³-hybridized carbons (Fsp3) is 0.471. The van der Waals surface area contributed by atoms with Gasteiger partial charge in [-0.25, -0.2) is 4.79 Å². The van der Waals surface area contributed by atoms with Crippen LogP contribution >= 0.6 is 0 Å². The third kappa shape index (κ3) is 3.00. The summed E-state index contributed by atoms with van der Waals surface area (Å²) < 4.78 is 2.13. The molecule has 0 saturated heterocycles. The highest BCUT2D eigenvalue weighted by atomic mass is 16.4. The topological polar surface area (TPSA) is 88.5 Å². The predicted molar refractivity (Wildman–Crippen MR) is 87.4 cm³/mol. The van der Waals surface area contributed by atoms with E-state index in [1.165, 1.54) is 0 Å². The minimum absolute atomic E-state index is 0.142. The summed E-state index contributed by atoms with van der Waals surface area (Å²) in [5.74, 6) is -0.893. The minimum atomic E-state index is -0.893. The quantitative estimate of drug-likeness (QED) is 0.732. The largest absolute Gasteiger partial charge is 0.478 e. The van der Waals surface area contributed by atoms with Crippen molar-refractivity contribution in [2.75, 3.05) is 13.2 Å². The molecule has 0 fully saturated rings. The Balaban J connectivity index is 2.68. The van der Waals surface area contributed by atoms with E-state index in [1.807, 2.05) is 13.8 Å². The number of benzene rings is 1. The van der Waals surface area contributed by atoms with Crippen molar-refractivity contribution in [3.8, 4) is 0 Å². The monoisotopic (exact) mass is 304 g/mol. The summed E-state index contributed by atoms with van der Waals surface area (Å²) in [4.78, 5) is 11.5. The van der Waals surface area contributed by atoms with Crippen molar-refractivity contribution in [1.29, 1.82) is 0 Å². The molecule has 22 heavy (non-hydrogen) atoms. The average Bonchev–Trinajstić information content (AvgIpc) is 2.85. The molecule has 0 spiro atoms. The van der Waals surface area contributed by atoms with E-state index in [9.17, 15) is 9.90 Å². The minimum Gasteiger partial charge on any atom is -0.478 e. The number of aromatic carboxylic acids is 1. The van der Waals surface area contributed by atoms with Gasteiger partial charge in [0.1, 0.15) is 0 Å². The van der Waals surface area contributed by atoms with Gasteiger partial charge < -0.3 is 20.5 Å². The molecule has 0 aliphatic heterocycles. The SMILES string of the molecule is Cc1c(C(=O)O)cc(C)c2c1c(CCCN)cn2CCCO. The van der Waals surface area contributed by atoms with Crippen LogP contribution in [0.4, 0.5) is 0 Å². The predicted octanol–water partition coefficient (Wildman–Crippen LogP) is 2.23. The fourth-order valence-corrected chi connectivity index (χ4v) is 3.10. The highest BCUT2D eigenvalue weighted by Gasteiger charge is 2.18. The summed E-state index contributed by atoms with van der Waals surface area (Å²) in [6.07, 6.45) is 4.47. The maximum atomic E-state index is 11.5. The van der Waals surface area contributed by atoms with E-state index < -0.39 is 5.97 Å². The summed E-state index contributed by atoms with van der Waals surface area (Å²) in [5, 5.41) is 19.5. The summed E-state index contributed by atoms with van der Waals surface area (Å²) in [6.45, 7) is 5.29.